The molecule has 0 saturated carbocycles. The van der Waals surface area contributed by atoms with Crippen LogP contribution in [0.5, 0.6) is 11.5 Å². The van der Waals surface area contributed by atoms with Crippen LogP contribution in [-0.2, 0) is 0 Å². The van der Waals surface area contributed by atoms with Crippen molar-refractivity contribution in [3.05, 3.63) is 23.8 Å². The van der Waals surface area contributed by atoms with Crippen LogP contribution in [0.1, 0.15) is 23.2 Å². The number of phenols is 1. The Labute approximate surface area is 117 Å². The third-order valence-electron chi connectivity index (χ3n) is 3.15. The van der Waals surface area contributed by atoms with Crippen LogP contribution in [-0.4, -0.2) is 41.5 Å². The lowest BCUT2D eigenvalue weighted by atomic mass is 10.1. The number of hydrogen-bond acceptors (Lipinski definition) is 3. The molecule has 0 atom stereocenters. The number of ether oxygens (including phenoxy) is 1. The standard InChI is InChI=1S/C13H13F4NO3/c14-12(15)21-10-6-8(5-9(19)7-10)11(20)18-3-1-13(16,17)2-4-18/h5-7,12,19H,1-4H2. The number of nitrogens with zero attached hydrogens (tertiary/aromatic N) is 1. The Morgan fingerprint density at radius 3 is 2.43 bits per heavy atom. The van der Waals surface area contributed by atoms with E-state index in [1.54, 1.807) is 0 Å². The number of carbonyl (C=O) groups is 1. The van der Waals surface area contributed by atoms with Crippen LogP contribution in [0.3, 0.4) is 0 Å². The van der Waals surface area contributed by atoms with E-state index in [4.69, 9.17) is 0 Å². The topological polar surface area (TPSA) is 49.8 Å². The molecule has 116 valence electrons. The first-order chi connectivity index (χ1) is 9.77. The molecule has 1 amide bonds. The first-order valence-corrected chi connectivity index (χ1v) is 6.23. The van der Waals surface area contributed by atoms with Gasteiger partial charge in [0, 0.05) is 37.6 Å². The second-order valence-electron chi connectivity index (χ2n) is 4.74. The van der Waals surface area contributed by atoms with E-state index in [0.29, 0.717) is 0 Å². The van der Waals surface area contributed by atoms with Crippen LogP contribution in [0.2, 0.25) is 0 Å². The molecule has 1 saturated heterocycles. The molecule has 8 heteroatoms. The monoisotopic (exact) mass is 307 g/mol. The van der Waals surface area contributed by atoms with Crippen LogP contribution >= 0.6 is 0 Å². The molecule has 1 N–H and O–H groups in total. The first-order valence-electron chi connectivity index (χ1n) is 6.23. The summed E-state index contributed by atoms with van der Waals surface area (Å²) in [6.45, 7) is -3.36. The maximum Gasteiger partial charge on any atom is 0.387 e. The normalized spacial score (nSPS) is 17.9. The second kappa shape index (κ2) is 5.79. The van der Waals surface area contributed by atoms with E-state index in [0.717, 1.165) is 18.2 Å². The molecule has 0 aliphatic carbocycles. The minimum absolute atomic E-state index is 0.0872. The fourth-order valence-corrected chi connectivity index (χ4v) is 2.10. The highest BCUT2D eigenvalue weighted by molar-refractivity contribution is 5.95. The third kappa shape index (κ3) is 3.99. The Kier molecular flexibility index (Phi) is 4.24. The summed E-state index contributed by atoms with van der Waals surface area (Å²) in [5, 5.41) is 9.42. The molecule has 0 bridgehead atoms. The summed E-state index contributed by atoms with van der Waals surface area (Å²) in [5.74, 6) is -4.19. The number of likely N-dealkylation sites (tertiary alicyclic amines) is 1. The van der Waals surface area contributed by atoms with Crippen molar-refractivity contribution < 1.29 is 32.2 Å². The molecule has 0 aromatic heterocycles. The molecule has 2 rings (SSSR count). The number of benzene rings is 1. The Morgan fingerprint density at radius 2 is 1.86 bits per heavy atom. The quantitative estimate of drug-likeness (QED) is 0.874. The van der Waals surface area contributed by atoms with Crippen molar-refractivity contribution >= 4 is 5.91 Å². The van der Waals surface area contributed by atoms with E-state index in [1.807, 2.05) is 0 Å². The summed E-state index contributed by atoms with van der Waals surface area (Å²) in [4.78, 5) is 13.3. The number of phenolic OH excluding ortho intramolecular Hbond substituents is 1. The minimum Gasteiger partial charge on any atom is -0.508 e. The number of alkyl halides is 4. The van der Waals surface area contributed by atoms with Gasteiger partial charge in [-0.25, -0.2) is 8.78 Å². The van der Waals surface area contributed by atoms with Gasteiger partial charge in [-0.1, -0.05) is 0 Å². The fourth-order valence-electron chi connectivity index (χ4n) is 2.10. The lowest BCUT2D eigenvalue weighted by molar-refractivity contribution is -0.0513. The van der Waals surface area contributed by atoms with Gasteiger partial charge in [-0.15, -0.1) is 0 Å². The van der Waals surface area contributed by atoms with E-state index < -0.39 is 37.0 Å². The molecule has 1 aromatic rings. The molecule has 4 nitrogen and oxygen atoms in total. The van der Waals surface area contributed by atoms with Gasteiger partial charge < -0.3 is 14.7 Å². The zero-order valence-corrected chi connectivity index (χ0v) is 10.9. The highest BCUT2D eigenvalue weighted by Crippen LogP contribution is 2.30. The van der Waals surface area contributed by atoms with E-state index in [1.165, 1.54) is 4.90 Å². The van der Waals surface area contributed by atoms with Crippen LogP contribution in [0.25, 0.3) is 0 Å². The zero-order chi connectivity index (χ0) is 15.6. The summed E-state index contributed by atoms with van der Waals surface area (Å²) < 4.78 is 54.5. The molecule has 0 unspecified atom stereocenters. The van der Waals surface area contributed by atoms with E-state index in [-0.39, 0.29) is 24.4 Å². The molecule has 1 aliphatic heterocycles. The van der Waals surface area contributed by atoms with Gasteiger partial charge in [0.2, 0.25) is 0 Å². The average molecular weight is 307 g/mol. The number of piperidine rings is 1. The Balaban J connectivity index is 2.14. The molecule has 0 radical (unpaired) electrons. The molecule has 1 aliphatic rings. The van der Waals surface area contributed by atoms with Crippen LogP contribution in [0.15, 0.2) is 18.2 Å². The maximum absolute atomic E-state index is 13.0. The smallest absolute Gasteiger partial charge is 0.387 e. The van der Waals surface area contributed by atoms with E-state index in [2.05, 4.69) is 4.74 Å². The van der Waals surface area contributed by atoms with Crippen molar-refractivity contribution in [1.82, 2.24) is 4.90 Å². The summed E-state index contributed by atoms with van der Waals surface area (Å²) in [6, 6.07) is 3.06. The Hall–Kier alpha value is -1.99. The predicted octanol–water partition coefficient (Wildman–Crippen LogP) is 2.86. The molecule has 1 aromatic carbocycles. The van der Waals surface area contributed by atoms with Crippen molar-refractivity contribution in [2.24, 2.45) is 0 Å². The average Bonchev–Trinajstić information content (AvgIpc) is 2.36. The fraction of sp³-hybridized carbons (Fsp3) is 0.462. The molecule has 21 heavy (non-hydrogen) atoms. The second-order valence-corrected chi connectivity index (χ2v) is 4.74. The SMILES string of the molecule is O=C(c1cc(O)cc(OC(F)F)c1)N1CCC(F)(F)CC1. The number of carbonyl (C=O) groups excluding carboxylic acids is 1. The Morgan fingerprint density at radius 1 is 1.24 bits per heavy atom. The van der Waals surface area contributed by atoms with Crippen molar-refractivity contribution in [2.75, 3.05) is 13.1 Å². The number of aromatic hydroxyl groups is 1. The molecular weight excluding hydrogens is 294 g/mol. The largest absolute Gasteiger partial charge is 0.508 e. The van der Waals surface area contributed by atoms with Gasteiger partial charge in [0.15, 0.2) is 0 Å². The van der Waals surface area contributed by atoms with Crippen LogP contribution < -0.4 is 4.74 Å². The van der Waals surface area contributed by atoms with Crippen molar-refractivity contribution in [3.63, 3.8) is 0 Å². The highest BCUT2D eigenvalue weighted by atomic mass is 19.3. The zero-order valence-electron chi connectivity index (χ0n) is 10.9. The summed E-state index contributed by atoms with van der Waals surface area (Å²) in [6.07, 6.45) is -0.893. The van der Waals surface area contributed by atoms with Gasteiger partial charge in [-0.3, -0.25) is 4.79 Å². The van der Waals surface area contributed by atoms with Gasteiger partial charge in [-0.2, -0.15) is 8.78 Å². The Bertz CT molecular complexity index is 526. The van der Waals surface area contributed by atoms with Gasteiger partial charge >= 0.3 is 6.61 Å². The van der Waals surface area contributed by atoms with Gasteiger partial charge in [0.05, 0.1) is 0 Å². The number of amides is 1. The molecule has 1 fully saturated rings. The van der Waals surface area contributed by atoms with E-state index in [9.17, 15) is 27.5 Å². The van der Waals surface area contributed by atoms with Crippen LogP contribution in [0, 0.1) is 0 Å². The number of rotatable bonds is 3. The molecular formula is C13H13F4NO3. The van der Waals surface area contributed by atoms with Gasteiger partial charge in [-0.05, 0) is 12.1 Å². The summed E-state index contributed by atoms with van der Waals surface area (Å²) >= 11 is 0. The van der Waals surface area contributed by atoms with Crippen LogP contribution in [0.4, 0.5) is 17.6 Å². The van der Waals surface area contributed by atoms with Crippen molar-refractivity contribution in [3.8, 4) is 11.5 Å². The number of halogens is 4. The van der Waals surface area contributed by atoms with Crippen molar-refractivity contribution in [1.29, 1.82) is 0 Å². The molecule has 1 heterocycles. The maximum atomic E-state index is 13.0. The predicted molar refractivity (Wildman–Crippen MR) is 64.8 cm³/mol. The minimum atomic E-state index is -3.09. The van der Waals surface area contributed by atoms with Gasteiger partial charge in [0.25, 0.3) is 11.8 Å². The third-order valence-corrected chi connectivity index (χ3v) is 3.15. The lowest BCUT2D eigenvalue weighted by Gasteiger charge is -2.31. The lowest BCUT2D eigenvalue weighted by Crippen LogP contribution is -2.42. The van der Waals surface area contributed by atoms with Gasteiger partial charge in [0.1, 0.15) is 11.5 Å². The highest BCUT2D eigenvalue weighted by Gasteiger charge is 2.35. The summed E-state index contributed by atoms with van der Waals surface area (Å²) in [7, 11) is 0. The number of hydrogen-bond donors (Lipinski definition) is 1. The summed E-state index contributed by atoms with van der Waals surface area (Å²) in [5.41, 5.74) is -0.0872. The van der Waals surface area contributed by atoms with E-state index >= 15 is 0 Å². The van der Waals surface area contributed by atoms with Crippen molar-refractivity contribution in [2.45, 2.75) is 25.4 Å². The molecule has 0 spiro atoms. The first kappa shape index (κ1) is 15.4.